The van der Waals surface area contributed by atoms with Gasteiger partial charge >= 0.3 is 0 Å². The summed E-state index contributed by atoms with van der Waals surface area (Å²) >= 11 is 0. The number of benzene rings is 1. The topological polar surface area (TPSA) is 21.3 Å². The molecule has 0 saturated carbocycles. The van der Waals surface area contributed by atoms with Crippen molar-refractivity contribution in [2.45, 2.75) is 45.8 Å². The van der Waals surface area contributed by atoms with E-state index >= 15 is 0 Å². The molecule has 0 aliphatic heterocycles. The SMILES string of the molecule is CCC(C)(C)Oc1ccc(C(C)NC)cc1. The quantitative estimate of drug-likeness (QED) is 0.821. The molecule has 0 aliphatic carbocycles. The fourth-order valence-corrected chi connectivity index (χ4v) is 1.38. The minimum Gasteiger partial charge on any atom is -0.488 e. The van der Waals surface area contributed by atoms with Gasteiger partial charge < -0.3 is 10.1 Å². The summed E-state index contributed by atoms with van der Waals surface area (Å²) < 4.78 is 5.90. The fraction of sp³-hybridized carbons (Fsp3) is 0.571. The summed E-state index contributed by atoms with van der Waals surface area (Å²) in [6, 6.07) is 8.69. The third-order valence-corrected chi connectivity index (χ3v) is 3.06. The molecule has 2 nitrogen and oxygen atoms in total. The van der Waals surface area contributed by atoms with Crippen LogP contribution in [0.15, 0.2) is 24.3 Å². The van der Waals surface area contributed by atoms with Crippen LogP contribution < -0.4 is 10.1 Å². The summed E-state index contributed by atoms with van der Waals surface area (Å²) in [5.41, 5.74) is 1.19. The molecular weight excluding hydrogens is 198 g/mol. The van der Waals surface area contributed by atoms with Crippen molar-refractivity contribution in [3.8, 4) is 5.75 Å². The summed E-state index contributed by atoms with van der Waals surface area (Å²) in [6.45, 7) is 8.50. The van der Waals surface area contributed by atoms with E-state index < -0.39 is 0 Å². The van der Waals surface area contributed by atoms with Crippen LogP contribution in [0.1, 0.15) is 45.7 Å². The van der Waals surface area contributed by atoms with Crippen molar-refractivity contribution in [1.82, 2.24) is 5.32 Å². The first kappa shape index (κ1) is 13.0. The minimum atomic E-state index is -0.0872. The first-order valence-electron chi connectivity index (χ1n) is 5.94. The van der Waals surface area contributed by atoms with Gasteiger partial charge in [-0.1, -0.05) is 19.1 Å². The summed E-state index contributed by atoms with van der Waals surface area (Å²) in [5.74, 6) is 0.943. The average molecular weight is 221 g/mol. The van der Waals surface area contributed by atoms with Crippen molar-refractivity contribution < 1.29 is 4.74 Å². The summed E-state index contributed by atoms with van der Waals surface area (Å²) in [6.07, 6.45) is 1.00. The largest absolute Gasteiger partial charge is 0.488 e. The molecule has 0 radical (unpaired) electrons. The Morgan fingerprint density at radius 3 is 2.25 bits per heavy atom. The van der Waals surface area contributed by atoms with E-state index in [2.05, 4.69) is 45.1 Å². The Morgan fingerprint density at radius 2 is 1.81 bits per heavy atom. The Hall–Kier alpha value is -1.02. The molecule has 2 heteroatoms. The van der Waals surface area contributed by atoms with Crippen LogP contribution in [0.3, 0.4) is 0 Å². The first-order chi connectivity index (χ1) is 7.48. The van der Waals surface area contributed by atoms with Crippen LogP contribution in [-0.4, -0.2) is 12.6 Å². The van der Waals surface area contributed by atoms with E-state index in [1.165, 1.54) is 5.56 Å². The predicted octanol–water partition coefficient (Wildman–Crippen LogP) is 3.53. The maximum absolute atomic E-state index is 5.90. The van der Waals surface area contributed by atoms with Crippen molar-refractivity contribution in [3.05, 3.63) is 29.8 Å². The molecule has 1 aromatic rings. The van der Waals surface area contributed by atoms with E-state index in [1.807, 2.05) is 19.2 Å². The van der Waals surface area contributed by atoms with Gasteiger partial charge in [-0.25, -0.2) is 0 Å². The van der Waals surface area contributed by atoms with Crippen molar-refractivity contribution >= 4 is 0 Å². The molecule has 1 unspecified atom stereocenters. The molecule has 0 amide bonds. The summed E-state index contributed by atoms with van der Waals surface area (Å²) in [7, 11) is 1.97. The maximum atomic E-state index is 5.90. The van der Waals surface area contributed by atoms with Crippen molar-refractivity contribution in [1.29, 1.82) is 0 Å². The van der Waals surface area contributed by atoms with Crippen LogP contribution in [0.5, 0.6) is 5.75 Å². The van der Waals surface area contributed by atoms with Gasteiger partial charge in [0.1, 0.15) is 11.4 Å². The van der Waals surface area contributed by atoms with E-state index in [0.29, 0.717) is 6.04 Å². The minimum absolute atomic E-state index is 0.0872. The van der Waals surface area contributed by atoms with Crippen LogP contribution >= 0.6 is 0 Å². The second-order valence-corrected chi connectivity index (χ2v) is 4.79. The number of nitrogens with one attached hydrogen (secondary N) is 1. The predicted molar refractivity (Wildman–Crippen MR) is 68.9 cm³/mol. The van der Waals surface area contributed by atoms with Crippen LogP contribution in [0.25, 0.3) is 0 Å². The van der Waals surface area contributed by atoms with Gasteiger partial charge in [0.05, 0.1) is 0 Å². The second kappa shape index (κ2) is 5.35. The highest BCUT2D eigenvalue weighted by atomic mass is 16.5. The Morgan fingerprint density at radius 1 is 1.25 bits per heavy atom. The van der Waals surface area contributed by atoms with Crippen molar-refractivity contribution in [2.24, 2.45) is 0 Å². The lowest BCUT2D eigenvalue weighted by molar-refractivity contribution is 0.105. The second-order valence-electron chi connectivity index (χ2n) is 4.79. The summed E-state index contributed by atoms with van der Waals surface area (Å²) in [5, 5.41) is 3.22. The molecule has 16 heavy (non-hydrogen) atoms. The number of hydrogen-bond donors (Lipinski definition) is 1. The lowest BCUT2D eigenvalue weighted by Crippen LogP contribution is -2.26. The van der Waals surface area contributed by atoms with Crippen LogP contribution in [0.2, 0.25) is 0 Å². The lowest BCUT2D eigenvalue weighted by atomic mass is 10.1. The monoisotopic (exact) mass is 221 g/mol. The van der Waals surface area contributed by atoms with Gasteiger partial charge in [0.25, 0.3) is 0 Å². The highest BCUT2D eigenvalue weighted by Gasteiger charge is 2.16. The third kappa shape index (κ3) is 3.53. The highest BCUT2D eigenvalue weighted by Crippen LogP contribution is 2.22. The normalized spacial score (nSPS) is 13.6. The van der Waals surface area contributed by atoms with Crippen LogP contribution in [-0.2, 0) is 0 Å². The molecule has 90 valence electrons. The Labute approximate surface area is 99.0 Å². The third-order valence-electron chi connectivity index (χ3n) is 3.06. The zero-order valence-corrected chi connectivity index (χ0v) is 11.0. The van der Waals surface area contributed by atoms with E-state index in [4.69, 9.17) is 4.74 Å². The highest BCUT2D eigenvalue weighted by molar-refractivity contribution is 5.29. The van der Waals surface area contributed by atoms with Crippen molar-refractivity contribution in [3.63, 3.8) is 0 Å². The van der Waals surface area contributed by atoms with Gasteiger partial charge in [0.2, 0.25) is 0 Å². The van der Waals surface area contributed by atoms with Gasteiger partial charge in [0.15, 0.2) is 0 Å². The molecule has 1 N–H and O–H groups in total. The van der Waals surface area contributed by atoms with E-state index in [9.17, 15) is 0 Å². The van der Waals surface area contributed by atoms with Gasteiger partial charge in [0, 0.05) is 6.04 Å². The molecule has 0 heterocycles. The zero-order valence-electron chi connectivity index (χ0n) is 11.0. The number of rotatable bonds is 5. The number of hydrogen-bond acceptors (Lipinski definition) is 2. The molecular formula is C14H23NO. The molecule has 1 atom stereocenters. The molecule has 0 spiro atoms. The van der Waals surface area contributed by atoms with E-state index in [0.717, 1.165) is 12.2 Å². The maximum Gasteiger partial charge on any atom is 0.120 e. The Balaban J connectivity index is 2.72. The Kier molecular flexibility index (Phi) is 4.36. The molecule has 1 rings (SSSR count). The van der Waals surface area contributed by atoms with Crippen LogP contribution in [0.4, 0.5) is 0 Å². The molecule has 0 saturated heterocycles. The van der Waals surface area contributed by atoms with E-state index in [-0.39, 0.29) is 5.60 Å². The van der Waals surface area contributed by atoms with Crippen LogP contribution in [0, 0.1) is 0 Å². The standard InChI is InChI=1S/C14H23NO/c1-6-14(3,4)16-13-9-7-12(8-10-13)11(2)15-5/h7-11,15H,6H2,1-5H3. The summed E-state index contributed by atoms with van der Waals surface area (Å²) in [4.78, 5) is 0. The molecule has 0 fully saturated rings. The smallest absolute Gasteiger partial charge is 0.120 e. The molecule has 0 bridgehead atoms. The van der Waals surface area contributed by atoms with Crippen molar-refractivity contribution in [2.75, 3.05) is 7.05 Å². The van der Waals surface area contributed by atoms with Gasteiger partial charge in [-0.3, -0.25) is 0 Å². The molecule has 0 aliphatic rings. The van der Waals surface area contributed by atoms with Gasteiger partial charge in [-0.05, 0) is 51.9 Å². The fourth-order valence-electron chi connectivity index (χ4n) is 1.38. The molecule has 0 aromatic heterocycles. The van der Waals surface area contributed by atoms with E-state index in [1.54, 1.807) is 0 Å². The number of ether oxygens (including phenoxy) is 1. The van der Waals surface area contributed by atoms with Gasteiger partial charge in [-0.2, -0.15) is 0 Å². The zero-order chi connectivity index (χ0) is 12.2. The van der Waals surface area contributed by atoms with Gasteiger partial charge in [-0.15, -0.1) is 0 Å². The first-order valence-corrected chi connectivity index (χ1v) is 5.94. The Bertz CT molecular complexity index is 316. The molecule has 1 aromatic carbocycles. The lowest BCUT2D eigenvalue weighted by Gasteiger charge is -2.25. The average Bonchev–Trinajstić information content (AvgIpc) is 2.28.